The van der Waals surface area contributed by atoms with Gasteiger partial charge in [0.15, 0.2) is 0 Å². The number of thioether (sulfide) groups is 1. The second-order valence-corrected chi connectivity index (χ2v) is 8.37. The van der Waals surface area contributed by atoms with Crippen LogP contribution in [0.1, 0.15) is 25.8 Å². The van der Waals surface area contributed by atoms with E-state index in [0.717, 1.165) is 6.42 Å². The maximum absolute atomic E-state index is 13.8. The number of carbonyl (C=O) groups is 2. The molecule has 3 N–H and O–H groups in total. The fourth-order valence-electron chi connectivity index (χ4n) is 2.80. The highest BCUT2D eigenvalue weighted by Gasteiger charge is 2.34. The third-order valence-corrected chi connectivity index (χ3v) is 6.07. The number of carbonyl (C=O) groups excluding carboxylic acids is 2. The molecule has 1 aliphatic rings. The lowest BCUT2D eigenvalue weighted by molar-refractivity contribution is -0.135. The average Bonchev–Trinajstić information content (AvgIpc) is 2.62. The average molecular weight is 382 g/mol. The van der Waals surface area contributed by atoms with Crippen molar-refractivity contribution in [2.75, 3.05) is 19.3 Å². The van der Waals surface area contributed by atoms with Crippen LogP contribution in [0.5, 0.6) is 0 Å². The lowest BCUT2D eigenvalue weighted by Gasteiger charge is -2.31. The molecule has 0 aromatic heterocycles. The summed E-state index contributed by atoms with van der Waals surface area (Å²) in [6.45, 7) is 4.67. The van der Waals surface area contributed by atoms with Crippen LogP contribution < -0.4 is 11.1 Å². The van der Waals surface area contributed by atoms with Crippen molar-refractivity contribution in [1.82, 2.24) is 10.2 Å². The van der Waals surface area contributed by atoms with Gasteiger partial charge in [-0.2, -0.15) is 0 Å². The van der Waals surface area contributed by atoms with E-state index in [-0.39, 0.29) is 28.9 Å². The number of halogens is 1. The minimum atomic E-state index is -0.537. The van der Waals surface area contributed by atoms with Gasteiger partial charge < -0.3 is 16.0 Å². The minimum absolute atomic E-state index is 0.0470. The van der Waals surface area contributed by atoms with Crippen molar-refractivity contribution in [3.05, 3.63) is 35.6 Å². The molecule has 1 aromatic rings. The monoisotopic (exact) mass is 381 g/mol. The Labute approximate surface area is 158 Å². The van der Waals surface area contributed by atoms with Crippen molar-refractivity contribution in [3.63, 3.8) is 0 Å². The number of likely N-dealkylation sites (N-methyl/N-ethyl adjacent to an activating group) is 1. The number of hydrogen-bond acceptors (Lipinski definition) is 4. The number of benzene rings is 1. The first-order valence-electron chi connectivity index (χ1n) is 8.95. The smallest absolute Gasteiger partial charge is 0.245 e. The van der Waals surface area contributed by atoms with E-state index in [9.17, 15) is 14.0 Å². The van der Waals surface area contributed by atoms with Crippen LogP contribution >= 0.6 is 11.8 Å². The van der Waals surface area contributed by atoms with E-state index >= 15 is 0 Å². The Morgan fingerprint density at radius 3 is 2.73 bits per heavy atom. The molecule has 2 amide bonds. The summed E-state index contributed by atoms with van der Waals surface area (Å²) in [7, 11) is 1.73. The van der Waals surface area contributed by atoms with Crippen LogP contribution in [0, 0.1) is 11.7 Å². The highest BCUT2D eigenvalue weighted by atomic mass is 32.2. The molecule has 0 aliphatic carbocycles. The lowest BCUT2D eigenvalue weighted by Crippen LogP contribution is -2.55. The van der Waals surface area contributed by atoms with Crippen LogP contribution in [0.3, 0.4) is 0 Å². The van der Waals surface area contributed by atoms with Crippen LogP contribution in [0.4, 0.5) is 4.39 Å². The first-order valence-corrected chi connectivity index (χ1v) is 10.0. The molecule has 1 heterocycles. The molecule has 3 unspecified atom stereocenters. The molecule has 0 bridgehead atoms. The van der Waals surface area contributed by atoms with Gasteiger partial charge in [-0.3, -0.25) is 9.59 Å². The number of nitrogens with zero attached hydrogens (tertiary/aromatic N) is 1. The summed E-state index contributed by atoms with van der Waals surface area (Å²) in [4.78, 5) is 26.5. The van der Waals surface area contributed by atoms with E-state index in [1.807, 2.05) is 0 Å². The Kier molecular flexibility index (Phi) is 7.46. The molecule has 1 saturated heterocycles. The predicted octanol–water partition coefficient (Wildman–Crippen LogP) is 1.80. The van der Waals surface area contributed by atoms with Crippen LogP contribution in [0.2, 0.25) is 0 Å². The molecular weight excluding hydrogens is 353 g/mol. The van der Waals surface area contributed by atoms with Crippen molar-refractivity contribution >= 4 is 23.6 Å². The molecule has 0 spiro atoms. The maximum Gasteiger partial charge on any atom is 0.245 e. The summed E-state index contributed by atoms with van der Waals surface area (Å²) in [5.74, 6) is 0.230. The van der Waals surface area contributed by atoms with Crippen LogP contribution in [-0.4, -0.2) is 53.4 Å². The summed E-state index contributed by atoms with van der Waals surface area (Å²) in [5.41, 5.74) is 6.54. The van der Waals surface area contributed by atoms with E-state index in [0.29, 0.717) is 30.2 Å². The summed E-state index contributed by atoms with van der Waals surface area (Å²) >= 11 is 1.41. The van der Waals surface area contributed by atoms with Gasteiger partial charge in [0.25, 0.3) is 0 Å². The third-order valence-electron chi connectivity index (χ3n) is 4.76. The Bertz CT molecular complexity index is 641. The van der Waals surface area contributed by atoms with E-state index in [2.05, 4.69) is 19.2 Å². The summed E-state index contributed by atoms with van der Waals surface area (Å²) in [5, 5.41) is 2.41. The molecule has 0 saturated carbocycles. The number of nitrogens with two attached hydrogens (primary N) is 1. The molecule has 5 nitrogen and oxygen atoms in total. The van der Waals surface area contributed by atoms with Crippen molar-refractivity contribution in [1.29, 1.82) is 0 Å². The summed E-state index contributed by atoms with van der Waals surface area (Å²) in [6, 6.07) is 5.97. The molecule has 2 rings (SSSR count). The van der Waals surface area contributed by atoms with E-state index in [4.69, 9.17) is 5.73 Å². The van der Waals surface area contributed by atoms with Gasteiger partial charge in [-0.05, 0) is 30.4 Å². The Hall–Kier alpha value is -1.60. The second-order valence-electron chi connectivity index (χ2n) is 7.14. The SMILES string of the molecule is CC(C)C(N)CCN(C)C(=O)C1CSC(Cc2ccccc2F)C(=O)N1. The molecule has 26 heavy (non-hydrogen) atoms. The quantitative estimate of drug-likeness (QED) is 0.755. The van der Waals surface area contributed by atoms with Crippen molar-refractivity contribution in [3.8, 4) is 0 Å². The van der Waals surface area contributed by atoms with E-state index < -0.39 is 6.04 Å². The topological polar surface area (TPSA) is 75.4 Å². The van der Waals surface area contributed by atoms with Gasteiger partial charge in [-0.1, -0.05) is 32.0 Å². The van der Waals surface area contributed by atoms with Crippen LogP contribution in [-0.2, 0) is 16.0 Å². The largest absolute Gasteiger partial charge is 0.344 e. The van der Waals surface area contributed by atoms with Crippen LogP contribution in [0.25, 0.3) is 0 Å². The highest BCUT2D eigenvalue weighted by Crippen LogP contribution is 2.23. The third kappa shape index (κ3) is 5.45. The van der Waals surface area contributed by atoms with Gasteiger partial charge in [-0.15, -0.1) is 11.8 Å². The number of amides is 2. The number of rotatable bonds is 7. The number of nitrogens with one attached hydrogen (secondary N) is 1. The van der Waals surface area contributed by atoms with Gasteiger partial charge in [0, 0.05) is 25.4 Å². The van der Waals surface area contributed by atoms with Gasteiger partial charge in [0.05, 0.1) is 5.25 Å². The minimum Gasteiger partial charge on any atom is -0.344 e. The molecule has 1 aliphatic heterocycles. The molecule has 3 atom stereocenters. The highest BCUT2D eigenvalue weighted by molar-refractivity contribution is 8.00. The molecule has 0 radical (unpaired) electrons. The maximum atomic E-state index is 13.8. The molecular formula is C19H28FN3O2S. The van der Waals surface area contributed by atoms with E-state index in [1.165, 1.54) is 17.8 Å². The molecule has 1 aromatic carbocycles. The van der Waals surface area contributed by atoms with Crippen molar-refractivity contribution < 1.29 is 14.0 Å². The fraction of sp³-hybridized carbons (Fsp3) is 0.579. The molecule has 144 valence electrons. The predicted molar refractivity (Wildman–Crippen MR) is 103 cm³/mol. The zero-order valence-corrected chi connectivity index (χ0v) is 16.4. The van der Waals surface area contributed by atoms with Crippen molar-refractivity contribution in [2.45, 2.75) is 44.0 Å². The molecule has 1 fully saturated rings. The first-order chi connectivity index (χ1) is 12.3. The van der Waals surface area contributed by atoms with Gasteiger partial charge in [0.2, 0.25) is 11.8 Å². The van der Waals surface area contributed by atoms with E-state index in [1.54, 1.807) is 30.1 Å². The Morgan fingerprint density at radius 1 is 1.42 bits per heavy atom. The van der Waals surface area contributed by atoms with Gasteiger partial charge >= 0.3 is 0 Å². The van der Waals surface area contributed by atoms with Gasteiger partial charge in [-0.25, -0.2) is 4.39 Å². The Morgan fingerprint density at radius 2 is 2.12 bits per heavy atom. The fourth-order valence-corrected chi connectivity index (χ4v) is 3.96. The standard InChI is InChI=1S/C19H28FN3O2S/c1-12(2)15(21)8-9-23(3)19(25)16-11-26-17(18(24)22-16)10-13-6-4-5-7-14(13)20/h4-7,12,15-17H,8-11,21H2,1-3H3,(H,22,24). The lowest BCUT2D eigenvalue weighted by atomic mass is 10.0. The normalized spacial score (nSPS) is 21.4. The van der Waals surface area contributed by atoms with Crippen molar-refractivity contribution in [2.24, 2.45) is 11.7 Å². The summed E-state index contributed by atoms with van der Waals surface area (Å²) in [6.07, 6.45) is 1.05. The summed E-state index contributed by atoms with van der Waals surface area (Å²) < 4.78 is 13.8. The molecule has 7 heteroatoms. The Balaban J connectivity index is 1.86. The zero-order valence-electron chi connectivity index (χ0n) is 15.6. The van der Waals surface area contributed by atoms with Crippen LogP contribution in [0.15, 0.2) is 24.3 Å². The number of hydrogen-bond donors (Lipinski definition) is 2. The zero-order chi connectivity index (χ0) is 19.3. The first kappa shape index (κ1) is 20.7. The second kappa shape index (κ2) is 9.37. The van der Waals surface area contributed by atoms with Gasteiger partial charge in [0.1, 0.15) is 11.9 Å².